The van der Waals surface area contributed by atoms with Crippen LogP contribution in [0, 0.1) is 0 Å². The van der Waals surface area contributed by atoms with E-state index in [1.54, 1.807) is 12.4 Å². The maximum Gasteiger partial charge on any atom is 0.236 e. The van der Waals surface area contributed by atoms with Gasteiger partial charge in [0.1, 0.15) is 6.04 Å². The second kappa shape index (κ2) is 6.12. The number of rotatable bonds is 4. The Hall–Kier alpha value is -1.46. The van der Waals surface area contributed by atoms with Crippen LogP contribution in [0.2, 0.25) is 0 Å². The second-order valence-electron chi connectivity index (χ2n) is 5.34. The van der Waals surface area contributed by atoms with Crippen LogP contribution in [0.5, 0.6) is 0 Å². The molecule has 1 unspecified atom stereocenters. The van der Waals surface area contributed by atoms with Crippen LogP contribution in [0.15, 0.2) is 24.5 Å². The minimum atomic E-state index is -0.229. The number of pyridine rings is 1. The lowest BCUT2D eigenvalue weighted by atomic mass is 10.1. The Kier molecular flexibility index (Phi) is 4.50. The summed E-state index contributed by atoms with van der Waals surface area (Å²) < 4.78 is 0. The largest absolute Gasteiger partial charge is 0.368 e. The Labute approximate surface area is 114 Å². The molecule has 0 saturated carbocycles. The Balaban J connectivity index is 2.01. The number of hydrogen-bond acceptors (Lipinski definition) is 4. The van der Waals surface area contributed by atoms with Gasteiger partial charge in [-0.2, -0.15) is 0 Å². The van der Waals surface area contributed by atoms with E-state index in [-0.39, 0.29) is 11.9 Å². The molecule has 5 heteroatoms. The van der Waals surface area contributed by atoms with Crippen LogP contribution >= 0.6 is 0 Å². The second-order valence-corrected chi connectivity index (χ2v) is 5.34. The van der Waals surface area contributed by atoms with E-state index in [0.29, 0.717) is 12.6 Å². The average molecular weight is 262 g/mol. The van der Waals surface area contributed by atoms with Crippen molar-refractivity contribution in [3.05, 3.63) is 30.1 Å². The molecule has 0 aliphatic carbocycles. The molecule has 0 spiro atoms. The highest BCUT2D eigenvalue weighted by molar-refractivity contribution is 5.80. The number of primary amides is 1. The Morgan fingerprint density at radius 2 is 2.11 bits per heavy atom. The van der Waals surface area contributed by atoms with E-state index in [2.05, 4.69) is 28.6 Å². The monoisotopic (exact) mass is 262 g/mol. The average Bonchev–Trinajstić information content (AvgIpc) is 2.39. The zero-order valence-corrected chi connectivity index (χ0v) is 11.6. The van der Waals surface area contributed by atoms with Crippen LogP contribution in [-0.4, -0.2) is 52.4 Å². The Morgan fingerprint density at radius 1 is 1.42 bits per heavy atom. The highest BCUT2D eigenvalue weighted by atomic mass is 16.1. The first kappa shape index (κ1) is 14.0. The SMILES string of the molecule is CC(C)N1CCN(Cc2ccncc2)CC1C(N)=O. The van der Waals surface area contributed by atoms with Gasteiger partial charge in [0.2, 0.25) is 5.91 Å². The molecule has 2 N–H and O–H groups in total. The van der Waals surface area contributed by atoms with Crippen molar-refractivity contribution in [2.45, 2.75) is 32.5 Å². The zero-order chi connectivity index (χ0) is 13.8. The highest BCUT2D eigenvalue weighted by Gasteiger charge is 2.32. The number of piperazine rings is 1. The van der Waals surface area contributed by atoms with Gasteiger partial charge in [0.15, 0.2) is 0 Å². The summed E-state index contributed by atoms with van der Waals surface area (Å²) in [7, 11) is 0. The molecule has 1 aromatic rings. The molecule has 0 aromatic carbocycles. The van der Waals surface area contributed by atoms with Crippen molar-refractivity contribution in [2.24, 2.45) is 5.73 Å². The molecule has 1 fully saturated rings. The fraction of sp³-hybridized carbons (Fsp3) is 0.571. The zero-order valence-electron chi connectivity index (χ0n) is 11.6. The molecular weight excluding hydrogens is 240 g/mol. The minimum Gasteiger partial charge on any atom is -0.368 e. The van der Waals surface area contributed by atoms with E-state index in [1.807, 2.05) is 12.1 Å². The molecule has 1 saturated heterocycles. The number of nitrogens with zero attached hydrogens (tertiary/aromatic N) is 3. The predicted octanol–water partition coefficient (Wildman–Crippen LogP) is 0.462. The first-order valence-electron chi connectivity index (χ1n) is 6.74. The summed E-state index contributed by atoms with van der Waals surface area (Å²) in [6.07, 6.45) is 3.59. The lowest BCUT2D eigenvalue weighted by Crippen LogP contribution is -2.59. The van der Waals surface area contributed by atoms with Crippen molar-refractivity contribution in [1.82, 2.24) is 14.8 Å². The van der Waals surface area contributed by atoms with Gasteiger partial charge >= 0.3 is 0 Å². The van der Waals surface area contributed by atoms with Crippen molar-refractivity contribution in [1.29, 1.82) is 0 Å². The fourth-order valence-electron chi connectivity index (χ4n) is 2.61. The lowest BCUT2D eigenvalue weighted by Gasteiger charge is -2.42. The summed E-state index contributed by atoms with van der Waals surface area (Å²) in [5.74, 6) is -0.229. The van der Waals surface area contributed by atoms with Crippen LogP contribution in [0.3, 0.4) is 0 Å². The van der Waals surface area contributed by atoms with E-state index in [1.165, 1.54) is 5.56 Å². The third kappa shape index (κ3) is 3.52. The molecule has 0 radical (unpaired) electrons. The molecule has 0 bridgehead atoms. The summed E-state index contributed by atoms with van der Waals surface area (Å²) in [6.45, 7) is 7.61. The van der Waals surface area contributed by atoms with Crippen molar-refractivity contribution < 1.29 is 4.79 Å². The maximum atomic E-state index is 11.6. The fourth-order valence-corrected chi connectivity index (χ4v) is 2.61. The molecule has 1 aliphatic rings. The lowest BCUT2D eigenvalue weighted by molar-refractivity contribution is -0.126. The normalized spacial score (nSPS) is 21.7. The van der Waals surface area contributed by atoms with Gasteiger partial charge in [0.25, 0.3) is 0 Å². The summed E-state index contributed by atoms with van der Waals surface area (Å²) in [5.41, 5.74) is 6.75. The number of nitrogens with two attached hydrogens (primary N) is 1. The van der Waals surface area contributed by atoms with Gasteiger partial charge in [0, 0.05) is 44.6 Å². The Morgan fingerprint density at radius 3 is 2.68 bits per heavy atom. The van der Waals surface area contributed by atoms with Crippen LogP contribution in [-0.2, 0) is 11.3 Å². The van der Waals surface area contributed by atoms with E-state index >= 15 is 0 Å². The molecule has 1 atom stereocenters. The van der Waals surface area contributed by atoms with Gasteiger partial charge in [-0.05, 0) is 31.5 Å². The van der Waals surface area contributed by atoms with Crippen LogP contribution in [0.1, 0.15) is 19.4 Å². The Bertz CT molecular complexity index is 421. The van der Waals surface area contributed by atoms with Gasteiger partial charge in [-0.25, -0.2) is 0 Å². The molecule has 104 valence electrons. The number of carbonyl (C=O) groups is 1. The van der Waals surface area contributed by atoms with Gasteiger partial charge in [-0.1, -0.05) is 0 Å². The van der Waals surface area contributed by atoms with Crippen molar-refractivity contribution >= 4 is 5.91 Å². The number of aromatic nitrogens is 1. The maximum absolute atomic E-state index is 11.6. The summed E-state index contributed by atoms with van der Waals surface area (Å²) >= 11 is 0. The third-order valence-corrected chi connectivity index (χ3v) is 3.65. The van der Waals surface area contributed by atoms with Crippen molar-refractivity contribution in [2.75, 3.05) is 19.6 Å². The van der Waals surface area contributed by atoms with Gasteiger partial charge in [0.05, 0.1) is 0 Å². The first-order valence-corrected chi connectivity index (χ1v) is 6.74. The molecule has 2 heterocycles. The first-order chi connectivity index (χ1) is 9.08. The van der Waals surface area contributed by atoms with E-state index in [0.717, 1.165) is 19.6 Å². The predicted molar refractivity (Wildman–Crippen MR) is 74.3 cm³/mol. The van der Waals surface area contributed by atoms with Crippen LogP contribution < -0.4 is 5.73 Å². The number of carbonyl (C=O) groups excluding carboxylic acids is 1. The summed E-state index contributed by atoms with van der Waals surface area (Å²) in [5, 5.41) is 0. The quantitative estimate of drug-likeness (QED) is 0.856. The van der Waals surface area contributed by atoms with Crippen molar-refractivity contribution in [3.63, 3.8) is 0 Å². The smallest absolute Gasteiger partial charge is 0.236 e. The molecule has 5 nitrogen and oxygen atoms in total. The minimum absolute atomic E-state index is 0.185. The number of amides is 1. The number of hydrogen-bond donors (Lipinski definition) is 1. The van der Waals surface area contributed by atoms with E-state index in [4.69, 9.17) is 5.73 Å². The van der Waals surface area contributed by atoms with E-state index < -0.39 is 0 Å². The standard InChI is InChI=1S/C14H22N4O/c1-11(2)18-8-7-17(10-13(18)14(15)19)9-12-3-5-16-6-4-12/h3-6,11,13H,7-10H2,1-2H3,(H2,15,19). The third-order valence-electron chi connectivity index (χ3n) is 3.65. The van der Waals surface area contributed by atoms with Gasteiger partial charge < -0.3 is 5.73 Å². The van der Waals surface area contributed by atoms with E-state index in [9.17, 15) is 4.79 Å². The molecule has 1 aliphatic heterocycles. The molecular formula is C14H22N4O. The summed E-state index contributed by atoms with van der Waals surface area (Å²) in [4.78, 5) is 20.1. The van der Waals surface area contributed by atoms with Gasteiger partial charge in [-0.15, -0.1) is 0 Å². The summed E-state index contributed by atoms with van der Waals surface area (Å²) in [6, 6.07) is 4.18. The topological polar surface area (TPSA) is 62.5 Å². The molecule has 1 aromatic heterocycles. The molecule has 2 rings (SSSR count). The highest BCUT2D eigenvalue weighted by Crippen LogP contribution is 2.15. The van der Waals surface area contributed by atoms with Crippen LogP contribution in [0.4, 0.5) is 0 Å². The van der Waals surface area contributed by atoms with Crippen molar-refractivity contribution in [3.8, 4) is 0 Å². The molecule has 1 amide bonds. The molecule has 19 heavy (non-hydrogen) atoms. The van der Waals surface area contributed by atoms with Gasteiger partial charge in [-0.3, -0.25) is 19.6 Å². The van der Waals surface area contributed by atoms with Crippen LogP contribution in [0.25, 0.3) is 0 Å².